The van der Waals surface area contributed by atoms with Crippen molar-refractivity contribution in [2.45, 2.75) is 32.6 Å². The minimum absolute atomic E-state index is 0.111. The Morgan fingerprint density at radius 2 is 1.75 bits per heavy atom. The fraction of sp³-hybridized carbons (Fsp3) is 0.474. The molecule has 0 N–H and O–H groups in total. The van der Waals surface area contributed by atoms with Gasteiger partial charge in [-0.25, -0.2) is 4.79 Å². The summed E-state index contributed by atoms with van der Waals surface area (Å²) in [6.45, 7) is 3.88. The molecule has 1 fully saturated rings. The summed E-state index contributed by atoms with van der Waals surface area (Å²) in [4.78, 5) is 25.6. The van der Waals surface area contributed by atoms with Crippen LogP contribution in [-0.4, -0.2) is 43.1 Å². The van der Waals surface area contributed by atoms with E-state index < -0.39 is 5.97 Å². The van der Waals surface area contributed by atoms with E-state index in [1.54, 1.807) is 11.0 Å². The van der Waals surface area contributed by atoms with Gasteiger partial charge >= 0.3 is 5.97 Å². The van der Waals surface area contributed by atoms with Gasteiger partial charge in [0.1, 0.15) is 5.75 Å². The second-order valence-corrected chi connectivity index (χ2v) is 5.74. The molecule has 2 rings (SSSR count). The Balaban J connectivity index is 1.76. The van der Waals surface area contributed by atoms with Crippen LogP contribution in [-0.2, 0) is 14.3 Å². The summed E-state index contributed by atoms with van der Waals surface area (Å²) in [6.07, 6.45) is 7.37. The number of rotatable bonds is 6. The maximum atomic E-state index is 12.0. The molecular formula is C19H25NO4. The summed E-state index contributed by atoms with van der Waals surface area (Å²) in [5.41, 5.74) is 0.870. The summed E-state index contributed by atoms with van der Waals surface area (Å²) in [5, 5.41) is 0. The van der Waals surface area contributed by atoms with E-state index in [1.807, 2.05) is 31.2 Å². The standard InChI is InChI=1S/C19H25NO4/c1-2-23-17-10-7-16(8-11-17)9-12-19(22)24-15-18(21)20-13-5-3-4-6-14-20/h7-12H,2-6,13-15H2,1H3. The lowest BCUT2D eigenvalue weighted by Gasteiger charge is -2.19. The smallest absolute Gasteiger partial charge is 0.331 e. The second kappa shape index (κ2) is 9.75. The highest BCUT2D eigenvalue weighted by atomic mass is 16.5. The minimum Gasteiger partial charge on any atom is -0.494 e. The Morgan fingerprint density at radius 3 is 2.38 bits per heavy atom. The predicted molar refractivity (Wildman–Crippen MR) is 92.7 cm³/mol. The van der Waals surface area contributed by atoms with Gasteiger partial charge in [-0.15, -0.1) is 0 Å². The molecule has 0 unspecified atom stereocenters. The predicted octanol–water partition coefficient (Wildman–Crippen LogP) is 3.04. The minimum atomic E-state index is -0.507. The molecule has 1 aromatic rings. The van der Waals surface area contributed by atoms with Crippen molar-refractivity contribution in [1.82, 2.24) is 4.90 Å². The van der Waals surface area contributed by atoms with E-state index in [-0.39, 0.29) is 12.5 Å². The normalized spacial score (nSPS) is 15.1. The molecule has 1 aliphatic rings. The van der Waals surface area contributed by atoms with Crippen molar-refractivity contribution >= 4 is 18.0 Å². The van der Waals surface area contributed by atoms with E-state index >= 15 is 0 Å². The number of carbonyl (C=O) groups excluding carboxylic acids is 2. The average Bonchev–Trinajstić information content (AvgIpc) is 2.89. The number of benzene rings is 1. The van der Waals surface area contributed by atoms with Crippen molar-refractivity contribution in [2.24, 2.45) is 0 Å². The molecule has 5 nitrogen and oxygen atoms in total. The van der Waals surface area contributed by atoms with E-state index in [9.17, 15) is 9.59 Å². The Hall–Kier alpha value is -2.30. The van der Waals surface area contributed by atoms with Gasteiger partial charge < -0.3 is 14.4 Å². The van der Waals surface area contributed by atoms with Gasteiger partial charge in [0.15, 0.2) is 6.61 Å². The van der Waals surface area contributed by atoms with Crippen LogP contribution in [0.4, 0.5) is 0 Å². The van der Waals surface area contributed by atoms with Crippen LogP contribution in [0.15, 0.2) is 30.3 Å². The van der Waals surface area contributed by atoms with E-state index in [4.69, 9.17) is 9.47 Å². The van der Waals surface area contributed by atoms with Gasteiger partial charge in [-0.3, -0.25) is 4.79 Å². The van der Waals surface area contributed by atoms with Gasteiger partial charge in [0.25, 0.3) is 5.91 Å². The van der Waals surface area contributed by atoms with Crippen LogP contribution < -0.4 is 4.74 Å². The second-order valence-electron chi connectivity index (χ2n) is 5.74. The Labute approximate surface area is 143 Å². The van der Waals surface area contributed by atoms with E-state index in [0.717, 1.165) is 50.1 Å². The van der Waals surface area contributed by atoms with Crippen molar-refractivity contribution in [2.75, 3.05) is 26.3 Å². The highest BCUT2D eigenvalue weighted by Gasteiger charge is 2.16. The Bertz CT molecular complexity index is 557. The van der Waals surface area contributed by atoms with Crippen molar-refractivity contribution in [1.29, 1.82) is 0 Å². The first kappa shape index (κ1) is 18.0. The summed E-state index contributed by atoms with van der Waals surface area (Å²) >= 11 is 0. The van der Waals surface area contributed by atoms with Crippen LogP contribution in [0, 0.1) is 0 Å². The number of nitrogens with zero attached hydrogens (tertiary/aromatic N) is 1. The van der Waals surface area contributed by atoms with Gasteiger partial charge in [-0.2, -0.15) is 0 Å². The first-order valence-electron chi connectivity index (χ1n) is 8.54. The third kappa shape index (κ3) is 6.07. The number of carbonyl (C=O) groups is 2. The molecule has 24 heavy (non-hydrogen) atoms. The van der Waals surface area contributed by atoms with E-state index in [1.165, 1.54) is 6.08 Å². The molecule has 0 bridgehead atoms. The lowest BCUT2D eigenvalue weighted by molar-refractivity contribution is -0.148. The quantitative estimate of drug-likeness (QED) is 0.594. The molecule has 1 aromatic carbocycles. The van der Waals surface area contributed by atoms with Crippen LogP contribution in [0.1, 0.15) is 38.2 Å². The van der Waals surface area contributed by atoms with Crippen LogP contribution in [0.5, 0.6) is 5.75 Å². The van der Waals surface area contributed by atoms with E-state index in [0.29, 0.717) is 6.61 Å². The zero-order valence-electron chi connectivity index (χ0n) is 14.2. The highest BCUT2D eigenvalue weighted by molar-refractivity contribution is 5.89. The molecule has 0 aliphatic carbocycles. The molecule has 0 saturated carbocycles. The Morgan fingerprint density at radius 1 is 1.08 bits per heavy atom. The largest absolute Gasteiger partial charge is 0.494 e. The third-order valence-corrected chi connectivity index (χ3v) is 3.90. The van der Waals surface area contributed by atoms with Crippen molar-refractivity contribution in [3.63, 3.8) is 0 Å². The molecular weight excluding hydrogens is 306 g/mol. The first-order chi connectivity index (χ1) is 11.7. The van der Waals surface area contributed by atoms with Gasteiger partial charge in [-0.1, -0.05) is 25.0 Å². The zero-order valence-corrected chi connectivity index (χ0v) is 14.2. The van der Waals surface area contributed by atoms with Crippen LogP contribution in [0.3, 0.4) is 0 Å². The zero-order chi connectivity index (χ0) is 17.2. The van der Waals surface area contributed by atoms with Crippen molar-refractivity contribution in [3.05, 3.63) is 35.9 Å². The maximum Gasteiger partial charge on any atom is 0.331 e. The summed E-state index contributed by atoms with van der Waals surface area (Å²) in [6, 6.07) is 7.41. The average molecular weight is 331 g/mol. The third-order valence-electron chi connectivity index (χ3n) is 3.90. The summed E-state index contributed by atoms with van der Waals surface area (Å²) in [5.74, 6) is 0.173. The molecule has 5 heteroatoms. The topological polar surface area (TPSA) is 55.8 Å². The lowest BCUT2D eigenvalue weighted by atomic mass is 10.2. The first-order valence-corrected chi connectivity index (χ1v) is 8.54. The molecule has 1 heterocycles. The molecule has 1 amide bonds. The molecule has 1 saturated heterocycles. The number of esters is 1. The van der Waals surface area contributed by atoms with Gasteiger partial charge in [-0.05, 0) is 43.5 Å². The molecule has 1 aliphatic heterocycles. The van der Waals surface area contributed by atoms with Crippen LogP contribution >= 0.6 is 0 Å². The number of likely N-dealkylation sites (tertiary alicyclic amines) is 1. The highest BCUT2D eigenvalue weighted by Crippen LogP contribution is 2.13. The fourth-order valence-electron chi connectivity index (χ4n) is 2.60. The van der Waals surface area contributed by atoms with Crippen LogP contribution in [0.25, 0.3) is 6.08 Å². The SMILES string of the molecule is CCOc1ccc(C=CC(=O)OCC(=O)N2CCCCCC2)cc1. The van der Waals surface area contributed by atoms with Gasteiger partial charge in [0, 0.05) is 19.2 Å². The molecule has 0 atom stereocenters. The summed E-state index contributed by atoms with van der Waals surface area (Å²) in [7, 11) is 0. The number of amides is 1. The molecule has 0 spiro atoms. The number of hydrogen-bond donors (Lipinski definition) is 0. The van der Waals surface area contributed by atoms with Crippen LogP contribution in [0.2, 0.25) is 0 Å². The molecule has 130 valence electrons. The summed E-state index contributed by atoms with van der Waals surface area (Å²) < 4.78 is 10.4. The number of ether oxygens (including phenoxy) is 2. The molecule has 0 aromatic heterocycles. The van der Waals surface area contributed by atoms with Gasteiger partial charge in [0.05, 0.1) is 6.61 Å². The van der Waals surface area contributed by atoms with Crippen molar-refractivity contribution < 1.29 is 19.1 Å². The molecule has 0 radical (unpaired) electrons. The van der Waals surface area contributed by atoms with Crippen molar-refractivity contribution in [3.8, 4) is 5.75 Å². The number of hydrogen-bond acceptors (Lipinski definition) is 4. The monoisotopic (exact) mass is 331 g/mol. The maximum absolute atomic E-state index is 12.0. The van der Waals surface area contributed by atoms with Gasteiger partial charge in [0.2, 0.25) is 0 Å². The lowest BCUT2D eigenvalue weighted by Crippen LogP contribution is -2.35. The fourth-order valence-corrected chi connectivity index (χ4v) is 2.60. The Kier molecular flexibility index (Phi) is 7.33. The van der Waals surface area contributed by atoms with E-state index in [2.05, 4.69) is 0 Å².